The molecule has 0 radical (unpaired) electrons. The maximum atomic E-state index is 13.2. The van der Waals surface area contributed by atoms with E-state index in [2.05, 4.69) is 0 Å². The minimum atomic E-state index is -3.74. The van der Waals surface area contributed by atoms with Crippen molar-refractivity contribution in [2.75, 3.05) is 19.5 Å². The lowest BCUT2D eigenvalue weighted by Gasteiger charge is -2.19. The highest BCUT2D eigenvalue weighted by atomic mass is 32.2. The fourth-order valence-electron chi connectivity index (χ4n) is 3.15. The first-order chi connectivity index (χ1) is 13.5. The number of rotatable bonds is 10. The highest BCUT2D eigenvalue weighted by Crippen LogP contribution is 2.34. The van der Waals surface area contributed by atoms with Crippen molar-refractivity contribution in [2.24, 2.45) is 11.8 Å². The van der Waals surface area contributed by atoms with Crippen LogP contribution in [0.15, 0.2) is 17.0 Å². The summed E-state index contributed by atoms with van der Waals surface area (Å²) in [6, 6.07) is 2.59. The van der Waals surface area contributed by atoms with Gasteiger partial charge < -0.3 is 9.47 Å². The van der Waals surface area contributed by atoms with Crippen LogP contribution in [0.5, 0.6) is 0 Å². The van der Waals surface area contributed by atoms with Crippen molar-refractivity contribution < 1.29 is 32.3 Å². The fourth-order valence-corrected chi connectivity index (χ4v) is 4.07. The van der Waals surface area contributed by atoms with Gasteiger partial charge in [-0.3, -0.25) is 9.59 Å². The van der Waals surface area contributed by atoms with Crippen molar-refractivity contribution in [3.05, 3.63) is 28.8 Å². The van der Waals surface area contributed by atoms with Gasteiger partial charge in [0.2, 0.25) is 0 Å². The third-order valence-corrected chi connectivity index (χ3v) is 5.91. The van der Waals surface area contributed by atoms with Crippen LogP contribution in [0.3, 0.4) is 0 Å². The van der Waals surface area contributed by atoms with Gasteiger partial charge in [0.05, 0.1) is 23.2 Å². The second kappa shape index (κ2) is 9.17. The molecule has 0 bridgehead atoms. The van der Waals surface area contributed by atoms with E-state index < -0.39 is 33.6 Å². The molecule has 1 aromatic carbocycles. The third kappa shape index (κ3) is 5.51. The molecular formula is C21H28O7S. The van der Waals surface area contributed by atoms with Crippen molar-refractivity contribution in [1.29, 1.82) is 0 Å². The zero-order valence-electron chi connectivity index (χ0n) is 17.5. The minimum absolute atomic E-state index is 0.0380. The van der Waals surface area contributed by atoms with Crippen LogP contribution in [-0.2, 0) is 24.1 Å². The van der Waals surface area contributed by atoms with Gasteiger partial charge in [-0.05, 0) is 58.2 Å². The zero-order chi connectivity index (χ0) is 21.9. The Balaban J connectivity index is 2.55. The molecule has 0 aliphatic heterocycles. The first kappa shape index (κ1) is 23.2. The Labute approximate surface area is 171 Å². The number of ketones is 2. The average Bonchev–Trinajstić information content (AvgIpc) is 3.44. The molecule has 0 spiro atoms. The molecule has 8 heteroatoms. The Bertz CT molecular complexity index is 911. The molecule has 1 aliphatic carbocycles. The van der Waals surface area contributed by atoms with E-state index in [1.165, 1.54) is 19.1 Å². The first-order valence-corrected chi connectivity index (χ1v) is 11.6. The van der Waals surface area contributed by atoms with Crippen molar-refractivity contribution in [2.45, 2.75) is 51.5 Å². The van der Waals surface area contributed by atoms with E-state index in [9.17, 15) is 22.8 Å². The van der Waals surface area contributed by atoms with Crippen molar-refractivity contribution >= 4 is 27.4 Å². The Morgan fingerprint density at radius 2 is 1.79 bits per heavy atom. The maximum Gasteiger partial charge on any atom is 0.340 e. The Morgan fingerprint density at radius 1 is 1.17 bits per heavy atom. The summed E-state index contributed by atoms with van der Waals surface area (Å²) in [7, 11) is -3.74. The largest absolute Gasteiger partial charge is 0.459 e. The highest BCUT2D eigenvalue weighted by molar-refractivity contribution is 7.90. The second-order valence-corrected chi connectivity index (χ2v) is 9.57. The summed E-state index contributed by atoms with van der Waals surface area (Å²) in [6.07, 6.45) is 2.04. The summed E-state index contributed by atoms with van der Waals surface area (Å²) in [5, 5.41) is 0. The maximum absolute atomic E-state index is 13.2. The number of hydrogen-bond donors (Lipinski definition) is 0. The van der Waals surface area contributed by atoms with Crippen LogP contribution in [0.4, 0.5) is 0 Å². The van der Waals surface area contributed by atoms with Crippen LogP contribution in [0.25, 0.3) is 0 Å². The monoisotopic (exact) mass is 424 g/mol. The number of ether oxygens (including phenoxy) is 2. The van der Waals surface area contributed by atoms with Gasteiger partial charge in [-0.1, -0.05) is 0 Å². The molecule has 0 N–H and O–H groups in total. The van der Waals surface area contributed by atoms with E-state index >= 15 is 0 Å². The fraction of sp³-hybridized carbons (Fsp3) is 0.571. The summed E-state index contributed by atoms with van der Waals surface area (Å²) in [6.45, 7) is 6.89. The lowest BCUT2D eigenvalue weighted by atomic mass is 9.88. The van der Waals surface area contributed by atoms with Crippen LogP contribution < -0.4 is 0 Å². The standard InChI is InChI=1S/C21H28O7S/c1-6-27-11-16(19(22)14-7-8-14)20(23)15-9-10-17(29(5,25)26)18(13(15)4)21(24)28-12(2)3/h9-10,12,14,16H,6-8,11H2,1-5H3. The summed E-state index contributed by atoms with van der Waals surface area (Å²) in [4.78, 5) is 38.3. The summed E-state index contributed by atoms with van der Waals surface area (Å²) in [5.41, 5.74) is 0.154. The Kier molecular flexibility index (Phi) is 7.35. The molecule has 160 valence electrons. The zero-order valence-corrected chi connectivity index (χ0v) is 18.3. The number of Topliss-reactive ketones (excluding diaryl/α,β-unsaturated/α-hetero) is 2. The smallest absolute Gasteiger partial charge is 0.340 e. The summed E-state index contributed by atoms with van der Waals surface area (Å²) >= 11 is 0. The quantitative estimate of drug-likeness (QED) is 0.323. The molecule has 2 rings (SSSR count). The van der Waals surface area contributed by atoms with Gasteiger partial charge in [-0.15, -0.1) is 0 Å². The molecule has 7 nitrogen and oxygen atoms in total. The molecular weight excluding hydrogens is 396 g/mol. The predicted molar refractivity (Wildman–Crippen MR) is 107 cm³/mol. The minimum Gasteiger partial charge on any atom is -0.459 e. The predicted octanol–water partition coefficient (Wildman–Crippen LogP) is 2.78. The van der Waals surface area contributed by atoms with Gasteiger partial charge in [0.1, 0.15) is 11.7 Å². The van der Waals surface area contributed by atoms with Gasteiger partial charge in [0.25, 0.3) is 0 Å². The molecule has 1 unspecified atom stereocenters. The topological polar surface area (TPSA) is 104 Å². The first-order valence-electron chi connectivity index (χ1n) is 9.69. The molecule has 29 heavy (non-hydrogen) atoms. The van der Waals surface area contributed by atoms with Crippen LogP contribution >= 0.6 is 0 Å². The van der Waals surface area contributed by atoms with Crippen molar-refractivity contribution in [3.8, 4) is 0 Å². The Morgan fingerprint density at radius 3 is 2.28 bits per heavy atom. The van der Waals surface area contributed by atoms with Crippen LogP contribution in [0.1, 0.15) is 59.9 Å². The van der Waals surface area contributed by atoms with E-state index in [-0.39, 0.29) is 39.9 Å². The van der Waals surface area contributed by atoms with Crippen LogP contribution in [0.2, 0.25) is 0 Å². The molecule has 1 saturated carbocycles. The molecule has 1 fully saturated rings. The molecule has 0 aromatic heterocycles. The summed E-state index contributed by atoms with van der Waals surface area (Å²) in [5.74, 6) is -2.56. The molecule has 1 aromatic rings. The number of sulfone groups is 1. The number of carbonyl (C=O) groups excluding carboxylic acids is 3. The molecule has 0 saturated heterocycles. The lowest BCUT2D eigenvalue weighted by molar-refractivity contribution is -0.124. The SMILES string of the molecule is CCOCC(C(=O)c1ccc(S(C)(=O)=O)c(C(=O)OC(C)C)c1C)C(=O)C1CC1. The highest BCUT2D eigenvalue weighted by Gasteiger charge is 2.39. The van der Waals surface area contributed by atoms with E-state index in [1.807, 2.05) is 0 Å². The van der Waals surface area contributed by atoms with E-state index in [4.69, 9.17) is 9.47 Å². The molecule has 0 amide bonds. The number of hydrogen-bond acceptors (Lipinski definition) is 7. The van der Waals surface area contributed by atoms with Gasteiger partial charge in [0, 0.05) is 24.3 Å². The lowest BCUT2D eigenvalue weighted by Crippen LogP contribution is -2.31. The van der Waals surface area contributed by atoms with E-state index in [1.54, 1.807) is 20.8 Å². The number of benzene rings is 1. The molecule has 1 atom stereocenters. The van der Waals surface area contributed by atoms with E-state index in [0.717, 1.165) is 19.1 Å². The number of carbonyl (C=O) groups is 3. The van der Waals surface area contributed by atoms with Crippen molar-refractivity contribution in [1.82, 2.24) is 0 Å². The average molecular weight is 425 g/mol. The third-order valence-electron chi connectivity index (χ3n) is 4.77. The van der Waals surface area contributed by atoms with Crippen LogP contribution in [-0.4, -0.2) is 51.5 Å². The van der Waals surface area contributed by atoms with Gasteiger partial charge >= 0.3 is 5.97 Å². The summed E-state index contributed by atoms with van der Waals surface area (Å²) < 4.78 is 34.9. The van der Waals surface area contributed by atoms with Gasteiger partial charge in [-0.2, -0.15) is 0 Å². The Hall–Kier alpha value is -2.06. The molecule has 0 heterocycles. The van der Waals surface area contributed by atoms with Gasteiger partial charge in [0.15, 0.2) is 15.6 Å². The van der Waals surface area contributed by atoms with Gasteiger partial charge in [-0.25, -0.2) is 13.2 Å². The van der Waals surface area contributed by atoms with E-state index in [0.29, 0.717) is 6.61 Å². The number of esters is 1. The second-order valence-electron chi connectivity index (χ2n) is 7.59. The van der Waals surface area contributed by atoms with Crippen molar-refractivity contribution in [3.63, 3.8) is 0 Å². The molecule has 1 aliphatic rings. The van der Waals surface area contributed by atoms with Crippen LogP contribution in [0, 0.1) is 18.8 Å². The normalized spacial score (nSPS) is 15.2.